The molecule has 2 fully saturated rings. The first kappa shape index (κ1) is 20.2. The van der Waals surface area contributed by atoms with Crippen LogP contribution >= 0.6 is 0 Å². The minimum Gasteiger partial charge on any atom is -0.619 e. The van der Waals surface area contributed by atoms with Crippen molar-refractivity contribution in [2.75, 3.05) is 13.1 Å². The molecular formula is C17H22N4O6S. The van der Waals surface area contributed by atoms with Gasteiger partial charge in [0.15, 0.2) is 18.2 Å². The lowest BCUT2D eigenvalue weighted by molar-refractivity contribution is -0.607. The standard InChI is InChI=1S/C17H22N4O6S/c1-11(17(18)24)4-5-15(23)20-8-6-13-16(20)14(22)10-21(13)28(26,27)12-3-2-7-19(25)9-12/h2-3,7,9,11,13,16H,4-6,8,10H2,1H3,(H2,18,24). The zero-order valence-corrected chi connectivity index (χ0v) is 16.2. The molecule has 0 spiro atoms. The predicted molar refractivity (Wildman–Crippen MR) is 95.8 cm³/mol. The maximum atomic E-state index is 12.9. The van der Waals surface area contributed by atoms with Gasteiger partial charge in [-0.2, -0.15) is 9.04 Å². The van der Waals surface area contributed by atoms with Crippen LogP contribution in [0.4, 0.5) is 0 Å². The first-order valence-corrected chi connectivity index (χ1v) is 10.4. The second-order valence-electron chi connectivity index (χ2n) is 7.15. The van der Waals surface area contributed by atoms with E-state index in [0.717, 1.165) is 10.5 Å². The first-order chi connectivity index (χ1) is 13.1. The van der Waals surface area contributed by atoms with Gasteiger partial charge in [-0.15, -0.1) is 0 Å². The summed E-state index contributed by atoms with van der Waals surface area (Å²) in [4.78, 5) is 37.4. The molecule has 2 saturated heterocycles. The van der Waals surface area contributed by atoms with Crippen LogP contribution in [-0.4, -0.2) is 60.4 Å². The highest BCUT2D eigenvalue weighted by molar-refractivity contribution is 7.89. The number of fused-ring (bicyclic) bond motifs is 1. The van der Waals surface area contributed by atoms with Gasteiger partial charge < -0.3 is 15.8 Å². The van der Waals surface area contributed by atoms with Crippen molar-refractivity contribution >= 4 is 27.6 Å². The highest BCUT2D eigenvalue weighted by Gasteiger charge is 2.53. The van der Waals surface area contributed by atoms with Gasteiger partial charge in [0.2, 0.25) is 21.8 Å². The zero-order chi connectivity index (χ0) is 20.6. The highest BCUT2D eigenvalue weighted by atomic mass is 32.2. The highest BCUT2D eigenvalue weighted by Crippen LogP contribution is 2.34. The second-order valence-corrected chi connectivity index (χ2v) is 9.04. The quantitative estimate of drug-likeness (QED) is 0.459. The van der Waals surface area contributed by atoms with Crippen molar-refractivity contribution in [3.05, 3.63) is 29.7 Å². The zero-order valence-electron chi connectivity index (χ0n) is 15.4. The number of Topliss-reactive ketones (excluding diaryl/α,β-unsaturated/α-hetero) is 1. The monoisotopic (exact) mass is 410 g/mol. The average Bonchev–Trinajstić information content (AvgIpc) is 3.21. The van der Waals surface area contributed by atoms with Crippen LogP contribution in [0.15, 0.2) is 29.4 Å². The van der Waals surface area contributed by atoms with Crippen LogP contribution in [0.2, 0.25) is 0 Å². The summed E-state index contributed by atoms with van der Waals surface area (Å²) in [6.07, 6.45) is 2.77. The summed E-state index contributed by atoms with van der Waals surface area (Å²) in [5.74, 6) is -1.62. The number of nitrogens with two attached hydrogens (primary N) is 1. The summed E-state index contributed by atoms with van der Waals surface area (Å²) in [6, 6.07) is 1.12. The van der Waals surface area contributed by atoms with Crippen LogP contribution < -0.4 is 10.5 Å². The number of sulfonamides is 1. The van der Waals surface area contributed by atoms with E-state index in [1.165, 1.54) is 23.2 Å². The number of aromatic nitrogens is 1. The molecule has 2 aliphatic rings. The van der Waals surface area contributed by atoms with E-state index in [1.807, 2.05) is 0 Å². The van der Waals surface area contributed by atoms with Gasteiger partial charge >= 0.3 is 0 Å². The molecule has 152 valence electrons. The third-order valence-corrected chi connectivity index (χ3v) is 7.18. The fraction of sp³-hybridized carbons (Fsp3) is 0.529. The van der Waals surface area contributed by atoms with Gasteiger partial charge in [-0.1, -0.05) is 6.92 Å². The molecule has 2 aliphatic heterocycles. The topological polar surface area (TPSA) is 145 Å². The lowest BCUT2D eigenvalue weighted by atomic mass is 10.0. The second kappa shape index (κ2) is 7.47. The number of likely N-dealkylation sites (tertiary alicyclic amines) is 1. The van der Waals surface area contributed by atoms with Gasteiger partial charge in [-0.05, 0) is 18.9 Å². The van der Waals surface area contributed by atoms with Crippen LogP contribution in [0.1, 0.15) is 26.2 Å². The van der Waals surface area contributed by atoms with Gasteiger partial charge in [0, 0.05) is 24.9 Å². The maximum absolute atomic E-state index is 12.9. The maximum Gasteiger partial charge on any atom is 0.249 e. The molecule has 0 bridgehead atoms. The molecule has 11 heteroatoms. The normalized spacial score (nSPS) is 23.6. The Labute approximate surface area is 162 Å². The van der Waals surface area contributed by atoms with Crippen molar-refractivity contribution in [3.63, 3.8) is 0 Å². The van der Waals surface area contributed by atoms with Crippen molar-refractivity contribution in [1.82, 2.24) is 9.21 Å². The van der Waals surface area contributed by atoms with E-state index in [0.29, 0.717) is 11.2 Å². The number of hydrogen-bond donors (Lipinski definition) is 1. The van der Waals surface area contributed by atoms with Crippen LogP contribution in [0, 0.1) is 11.1 Å². The number of rotatable bonds is 6. The Morgan fingerprint density at radius 1 is 1.43 bits per heavy atom. The number of primary amides is 1. The number of carbonyl (C=O) groups is 3. The molecule has 3 unspecified atom stereocenters. The third-order valence-electron chi connectivity index (χ3n) is 5.33. The number of amides is 2. The van der Waals surface area contributed by atoms with E-state index < -0.39 is 33.9 Å². The lowest BCUT2D eigenvalue weighted by Crippen LogP contribution is -2.43. The summed E-state index contributed by atoms with van der Waals surface area (Å²) in [5, 5.41) is 11.4. The number of pyridine rings is 1. The van der Waals surface area contributed by atoms with Gasteiger partial charge in [0.05, 0.1) is 12.6 Å². The molecule has 0 saturated carbocycles. The van der Waals surface area contributed by atoms with E-state index >= 15 is 0 Å². The molecular weight excluding hydrogens is 388 g/mol. The molecule has 2 amide bonds. The molecule has 3 atom stereocenters. The van der Waals surface area contributed by atoms with Crippen molar-refractivity contribution in [2.45, 2.75) is 43.2 Å². The Bertz CT molecular complexity index is 918. The van der Waals surface area contributed by atoms with E-state index in [2.05, 4.69) is 0 Å². The van der Waals surface area contributed by atoms with Gasteiger partial charge in [0.25, 0.3) is 0 Å². The Morgan fingerprint density at radius 2 is 2.14 bits per heavy atom. The van der Waals surface area contributed by atoms with Crippen molar-refractivity contribution in [2.24, 2.45) is 11.7 Å². The SMILES string of the molecule is CC(CCC(=O)N1CCC2C1C(=O)CN2S(=O)(=O)c1ccc[n+]([O-])c1)C(N)=O. The molecule has 2 N–H and O–H groups in total. The predicted octanol–water partition coefficient (Wildman–Crippen LogP) is -1.24. The molecule has 0 aromatic carbocycles. The molecule has 3 heterocycles. The first-order valence-electron chi connectivity index (χ1n) is 8.95. The van der Waals surface area contributed by atoms with Gasteiger partial charge in [0.1, 0.15) is 10.9 Å². The van der Waals surface area contributed by atoms with E-state index in [9.17, 15) is 28.0 Å². The van der Waals surface area contributed by atoms with Gasteiger partial charge in [-0.3, -0.25) is 14.4 Å². The van der Waals surface area contributed by atoms with Crippen molar-refractivity contribution in [1.29, 1.82) is 0 Å². The minimum atomic E-state index is -4.04. The van der Waals surface area contributed by atoms with E-state index in [-0.39, 0.29) is 42.5 Å². The van der Waals surface area contributed by atoms with Crippen molar-refractivity contribution < 1.29 is 27.5 Å². The Hall–Kier alpha value is -2.53. The van der Waals surface area contributed by atoms with E-state index in [1.54, 1.807) is 6.92 Å². The summed E-state index contributed by atoms with van der Waals surface area (Å²) < 4.78 is 27.3. The molecule has 0 aliphatic carbocycles. The Balaban J connectivity index is 1.77. The van der Waals surface area contributed by atoms with Crippen LogP contribution in [0.25, 0.3) is 0 Å². The van der Waals surface area contributed by atoms with Crippen LogP contribution in [-0.2, 0) is 24.4 Å². The lowest BCUT2D eigenvalue weighted by Gasteiger charge is -2.24. The number of nitrogens with zero attached hydrogens (tertiary/aromatic N) is 3. The molecule has 10 nitrogen and oxygen atoms in total. The van der Waals surface area contributed by atoms with Gasteiger partial charge in [-0.25, -0.2) is 8.42 Å². The van der Waals surface area contributed by atoms with E-state index in [4.69, 9.17) is 5.73 Å². The summed E-state index contributed by atoms with van der Waals surface area (Å²) in [5.41, 5.74) is 5.20. The third kappa shape index (κ3) is 3.59. The fourth-order valence-corrected chi connectivity index (χ4v) is 5.35. The minimum absolute atomic E-state index is 0.0578. The molecule has 1 aromatic rings. The largest absolute Gasteiger partial charge is 0.619 e. The number of hydrogen-bond acceptors (Lipinski definition) is 6. The smallest absolute Gasteiger partial charge is 0.249 e. The molecule has 28 heavy (non-hydrogen) atoms. The average molecular weight is 410 g/mol. The Morgan fingerprint density at radius 3 is 2.79 bits per heavy atom. The van der Waals surface area contributed by atoms with Crippen molar-refractivity contribution in [3.8, 4) is 0 Å². The molecule has 0 radical (unpaired) electrons. The molecule has 1 aromatic heterocycles. The summed E-state index contributed by atoms with van der Waals surface area (Å²) >= 11 is 0. The number of ketones is 1. The summed E-state index contributed by atoms with van der Waals surface area (Å²) in [6.45, 7) is 1.54. The molecule has 3 rings (SSSR count). The fourth-order valence-electron chi connectivity index (χ4n) is 3.72. The van der Waals surface area contributed by atoms with Crippen LogP contribution in [0.3, 0.4) is 0 Å². The Kier molecular flexibility index (Phi) is 5.39. The summed E-state index contributed by atoms with van der Waals surface area (Å²) in [7, 11) is -4.04. The number of carbonyl (C=O) groups excluding carboxylic acids is 3. The van der Waals surface area contributed by atoms with Crippen LogP contribution in [0.5, 0.6) is 0 Å².